The molecule has 0 aliphatic rings. The second-order valence-electron chi connectivity index (χ2n) is 5.17. The Morgan fingerprint density at radius 1 is 1.09 bits per heavy atom. The van der Waals surface area contributed by atoms with E-state index in [-0.39, 0.29) is 12.5 Å². The average molecular weight is 333 g/mol. The number of alkyl carbamates (subject to hydrolysis) is 1. The lowest BCUT2D eigenvalue weighted by Gasteiger charge is -2.25. The highest BCUT2D eigenvalue weighted by molar-refractivity contribution is 7.46. The van der Waals surface area contributed by atoms with Crippen LogP contribution in [-0.4, -0.2) is 21.7 Å². The van der Waals surface area contributed by atoms with Crippen LogP contribution in [0.1, 0.15) is 24.0 Å². The Bertz CT molecular complexity index is 607. The van der Waals surface area contributed by atoms with Gasteiger partial charge in [-0.25, -0.2) is 4.79 Å². The van der Waals surface area contributed by atoms with E-state index in [9.17, 15) is 14.6 Å². The normalized spacial score (nSPS) is 13.4. The monoisotopic (exact) mass is 333 g/mol. The van der Waals surface area contributed by atoms with Crippen molar-refractivity contribution >= 4 is 14.5 Å². The molecule has 0 bridgehead atoms. The molecule has 1 amide bonds. The molecule has 0 spiro atoms. The maximum absolute atomic E-state index is 11.9. The van der Waals surface area contributed by atoms with Crippen molar-refractivity contribution in [2.45, 2.75) is 25.2 Å². The Morgan fingerprint density at radius 3 is 2.22 bits per heavy atom. The van der Waals surface area contributed by atoms with Gasteiger partial charge in [-0.15, -0.1) is 0 Å². The number of hydrogen-bond donors (Lipinski definition) is 3. The fourth-order valence-corrected chi connectivity index (χ4v) is 3.00. The fraction of sp³-hybridized carbons (Fsp3) is 0.235. The third-order valence-corrected chi connectivity index (χ3v) is 4.60. The third-order valence-electron chi connectivity index (χ3n) is 3.53. The first-order valence-corrected chi connectivity index (χ1v) is 8.58. The Labute approximate surface area is 136 Å². The highest BCUT2D eigenvalue weighted by Crippen LogP contribution is 2.38. The molecule has 5 nitrogen and oxygen atoms in total. The molecule has 0 aliphatic heterocycles. The van der Waals surface area contributed by atoms with Crippen LogP contribution in [0.3, 0.4) is 0 Å². The summed E-state index contributed by atoms with van der Waals surface area (Å²) in [4.78, 5) is 31.2. The highest BCUT2D eigenvalue weighted by Gasteiger charge is 2.28. The van der Waals surface area contributed by atoms with E-state index in [1.165, 1.54) is 0 Å². The summed E-state index contributed by atoms with van der Waals surface area (Å²) < 4.78 is 5.13. The van der Waals surface area contributed by atoms with Crippen LogP contribution < -0.4 is 5.32 Å². The Hall–Kier alpha value is -1.94. The van der Waals surface area contributed by atoms with E-state index in [2.05, 4.69) is 5.32 Å². The second-order valence-corrected chi connectivity index (χ2v) is 6.37. The minimum absolute atomic E-state index is 0.133. The zero-order valence-corrected chi connectivity index (χ0v) is 13.7. The van der Waals surface area contributed by atoms with Gasteiger partial charge in [0.05, 0.1) is 0 Å². The molecular formula is C17H20NO4P. The molecule has 0 fully saturated rings. The standard InChI is InChI=1S/C17H20NO4P/c1-13(15-10-6-3-7-11-15)16(23(20)21)18-17(19)22-12-14-8-4-2-5-9-14/h2-11,13,16,20-21H,12H2,1H3,(H,18,19). The minimum atomic E-state index is -2.34. The molecule has 0 aromatic heterocycles. The first-order valence-electron chi connectivity index (χ1n) is 7.27. The number of ether oxygens (including phenoxy) is 1. The van der Waals surface area contributed by atoms with Crippen molar-refractivity contribution in [2.24, 2.45) is 0 Å². The van der Waals surface area contributed by atoms with Gasteiger partial charge in [-0.05, 0) is 11.1 Å². The zero-order chi connectivity index (χ0) is 16.7. The van der Waals surface area contributed by atoms with Crippen LogP contribution in [0.2, 0.25) is 0 Å². The molecular weight excluding hydrogens is 313 g/mol. The van der Waals surface area contributed by atoms with Crippen LogP contribution in [-0.2, 0) is 11.3 Å². The molecule has 2 atom stereocenters. The van der Waals surface area contributed by atoms with Crippen molar-refractivity contribution in [1.82, 2.24) is 5.32 Å². The van der Waals surface area contributed by atoms with Gasteiger partial charge in [0.15, 0.2) is 8.38 Å². The Kier molecular flexibility index (Phi) is 6.53. The quantitative estimate of drug-likeness (QED) is 0.709. The first-order chi connectivity index (χ1) is 11.1. The minimum Gasteiger partial charge on any atom is -0.445 e. The summed E-state index contributed by atoms with van der Waals surface area (Å²) in [6, 6.07) is 18.7. The van der Waals surface area contributed by atoms with Crippen molar-refractivity contribution in [3.63, 3.8) is 0 Å². The van der Waals surface area contributed by atoms with Gasteiger partial charge < -0.3 is 19.8 Å². The lowest BCUT2D eigenvalue weighted by Crippen LogP contribution is -2.37. The van der Waals surface area contributed by atoms with E-state index in [1.807, 2.05) is 67.6 Å². The molecule has 0 heterocycles. The summed E-state index contributed by atoms with van der Waals surface area (Å²) in [5, 5.41) is 2.55. The van der Waals surface area contributed by atoms with Gasteiger partial charge in [0.1, 0.15) is 12.4 Å². The van der Waals surface area contributed by atoms with E-state index < -0.39 is 20.3 Å². The van der Waals surface area contributed by atoms with Crippen LogP contribution in [0.15, 0.2) is 60.7 Å². The molecule has 2 aromatic rings. The molecule has 0 saturated heterocycles. The summed E-state index contributed by atoms with van der Waals surface area (Å²) in [6.07, 6.45) is -0.669. The van der Waals surface area contributed by atoms with Crippen molar-refractivity contribution in [2.75, 3.05) is 0 Å². The summed E-state index contributed by atoms with van der Waals surface area (Å²) in [5.74, 6) is -1.04. The van der Waals surface area contributed by atoms with E-state index >= 15 is 0 Å². The first kappa shape index (κ1) is 17.4. The lowest BCUT2D eigenvalue weighted by molar-refractivity contribution is 0.137. The smallest absolute Gasteiger partial charge is 0.408 e. The molecule has 0 saturated carbocycles. The van der Waals surface area contributed by atoms with E-state index in [1.54, 1.807) is 0 Å². The molecule has 23 heavy (non-hydrogen) atoms. The van der Waals surface area contributed by atoms with Crippen molar-refractivity contribution < 1.29 is 19.3 Å². The Morgan fingerprint density at radius 2 is 1.65 bits per heavy atom. The Balaban J connectivity index is 1.95. The van der Waals surface area contributed by atoms with Gasteiger partial charge in [0.25, 0.3) is 0 Å². The zero-order valence-electron chi connectivity index (χ0n) is 12.8. The average Bonchev–Trinajstić information content (AvgIpc) is 2.58. The summed E-state index contributed by atoms with van der Waals surface area (Å²) in [7, 11) is -2.34. The van der Waals surface area contributed by atoms with Gasteiger partial charge in [-0.1, -0.05) is 67.6 Å². The number of carbonyl (C=O) groups excluding carboxylic acids is 1. The van der Waals surface area contributed by atoms with Crippen molar-refractivity contribution in [3.8, 4) is 0 Å². The summed E-state index contributed by atoms with van der Waals surface area (Å²) >= 11 is 0. The van der Waals surface area contributed by atoms with Crippen molar-refractivity contribution in [3.05, 3.63) is 71.8 Å². The predicted molar refractivity (Wildman–Crippen MR) is 89.8 cm³/mol. The molecule has 122 valence electrons. The molecule has 3 N–H and O–H groups in total. The van der Waals surface area contributed by atoms with Crippen LogP contribution in [0.4, 0.5) is 4.79 Å². The lowest BCUT2D eigenvalue weighted by atomic mass is 10.0. The number of benzene rings is 2. The maximum atomic E-state index is 11.9. The van der Waals surface area contributed by atoms with Crippen LogP contribution in [0.5, 0.6) is 0 Å². The SMILES string of the molecule is CC(c1ccccc1)C(NC(=O)OCc1ccccc1)P(O)O. The number of carbonyl (C=O) groups is 1. The van der Waals surface area contributed by atoms with E-state index in [0.29, 0.717) is 0 Å². The number of nitrogens with one attached hydrogen (secondary N) is 1. The highest BCUT2D eigenvalue weighted by atomic mass is 31.2. The number of amides is 1. The van der Waals surface area contributed by atoms with Gasteiger partial charge in [0, 0.05) is 5.92 Å². The van der Waals surface area contributed by atoms with Crippen LogP contribution in [0, 0.1) is 0 Å². The van der Waals surface area contributed by atoms with Crippen molar-refractivity contribution in [1.29, 1.82) is 0 Å². The third kappa shape index (κ3) is 5.32. The molecule has 0 radical (unpaired) electrons. The van der Waals surface area contributed by atoms with Gasteiger partial charge in [-0.3, -0.25) is 0 Å². The van der Waals surface area contributed by atoms with E-state index in [4.69, 9.17) is 4.74 Å². The summed E-state index contributed by atoms with van der Waals surface area (Å²) in [5.41, 5.74) is 1.78. The maximum Gasteiger partial charge on any atom is 0.408 e. The molecule has 2 rings (SSSR count). The topological polar surface area (TPSA) is 78.8 Å². The largest absolute Gasteiger partial charge is 0.445 e. The molecule has 0 aliphatic carbocycles. The molecule has 6 heteroatoms. The van der Waals surface area contributed by atoms with Gasteiger partial charge in [0.2, 0.25) is 0 Å². The van der Waals surface area contributed by atoms with E-state index in [0.717, 1.165) is 11.1 Å². The number of rotatable bonds is 6. The predicted octanol–water partition coefficient (Wildman–Crippen LogP) is 3.34. The molecule has 2 unspecified atom stereocenters. The van der Waals surface area contributed by atoms with Crippen LogP contribution in [0.25, 0.3) is 0 Å². The second kappa shape index (κ2) is 8.63. The van der Waals surface area contributed by atoms with Gasteiger partial charge >= 0.3 is 6.09 Å². The van der Waals surface area contributed by atoms with Crippen LogP contribution >= 0.6 is 8.38 Å². The summed E-state index contributed by atoms with van der Waals surface area (Å²) in [6.45, 7) is 1.97. The molecule has 2 aromatic carbocycles. The fourth-order valence-electron chi connectivity index (χ4n) is 2.21. The number of hydrogen-bond acceptors (Lipinski definition) is 4. The van der Waals surface area contributed by atoms with Gasteiger partial charge in [-0.2, -0.15) is 0 Å².